The summed E-state index contributed by atoms with van der Waals surface area (Å²) in [6.45, 7) is -0.189. The molecule has 8 heteroatoms. The number of halogens is 2. The summed E-state index contributed by atoms with van der Waals surface area (Å²) < 4.78 is 52.4. The first kappa shape index (κ1) is 20.6. The van der Waals surface area contributed by atoms with Crippen LogP contribution in [0.25, 0.3) is 0 Å². The fourth-order valence-corrected chi connectivity index (χ4v) is 4.46. The number of carbonyl (C=O) groups excluding carboxylic acids is 1. The summed E-state index contributed by atoms with van der Waals surface area (Å²) in [4.78, 5) is 16.2. The second-order valence-corrected chi connectivity index (χ2v) is 8.51. The van der Waals surface area contributed by atoms with Gasteiger partial charge < -0.3 is 5.32 Å². The fourth-order valence-electron chi connectivity index (χ4n) is 2.82. The van der Waals surface area contributed by atoms with Crippen molar-refractivity contribution in [3.63, 3.8) is 0 Å². The Hall–Kier alpha value is -3.13. The zero-order chi connectivity index (χ0) is 20.9. The quantitative estimate of drug-likeness (QED) is 0.600. The molecular formula is C21H18F2N2O3S. The number of aromatic nitrogens is 1. The van der Waals surface area contributed by atoms with Gasteiger partial charge in [-0.25, -0.2) is 17.2 Å². The standard InChI is InChI=1S/C21H18F2N2O3S/c22-17-5-3-15(4-6-17)12-21(26)25-14-20(16-2-1-11-24-13-16)29(27,28)19-9-7-18(23)8-10-19/h1-11,13,20H,12,14H2,(H,25,26)/t20-/m1/s1. The van der Waals surface area contributed by atoms with Crippen LogP contribution in [-0.2, 0) is 21.1 Å². The molecule has 3 rings (SSSR count). The van der Waals surface area contributed by atoms with Gasteiger partial charge in [0.2, 0.25) is 5.91 Å². The average molecular weight is 416 g/mol. The van der Waals surface area contributed by atoms with Crippen LogP contribution in [0.1, 0.15) is 16.4 Å². The van der Waals surface area contributed by atoms with E-state index < -0.39 is 32.6 Å². The Labute approximate surface area is 167 Å². The Bertz CT molecular complexity index is 1070. The third-order valence-corrected chi connectivity index (χ3v) is 6.45. The minimum absolute atomic E-state index is 0.0172. The van der Waals surface area contributed by atoms with E-state index in [1.165, 1.54) is 48.8 Å². The van der Waals surface area contributed by atoms with Gasteiger partial charge in [0.1, 0.15) is 16.9 Å². The highest BCUT2D eigenvalue weighted by Crippen LogP contribution is 2.28. The molecule has 0 aliphatic rings. The molecule has 2 aromatic carbocycles. The smallest absolute Gasteiger partial charge is 0.224 e. The first-order valence-corrected chi connectivity index (χ1v) is 10.3. The van der Waals surface area contributed by atoms with Crippen molar-refractivity contribution in [2.75, 3.05) is 6.54 Å². The molecular weight excluding hydrogens is 398 g/mol. The maximum Gasteiger partial charge on any atom is 0.224 e. The van der Waals surface area contributed by atoms with E-state index in [9.17, 15) is 22.0 Å². The van der Waals surface area contributed by atoms with Gasteiger partial charge in [-0.3, -0.25) is 9.78 Å². The van der Waals surface area contributed by atoms with Gasteiger partial charge in [-0.1, -0.05) is 18.2 Å². The normalized spacial score (nSPS) is 12.3. The summed E-state index contributed by atoms with van der Waals surface area (Å²) in [6.07, 6.45) is 2.91. The van der Waals surface area contributed by atoms with E-state index in [2.05, 4.69) is 10.3 Å². The van der Waals surface area contributed by atoms with Crippen LogP contribution in [0.15, 0.2) is 78.0 Å². The fraction of sp³-hybridized carbons (Fsp3) is 0.143. The van der Waals surface area contributed by atoms with Crippen molar-refractivity contribution in [1.82, 2.24) is 10.3 Å². The van der Waals surface area contributed by atoms with Gasteiger partial charge in [-0.05, 0) is 53.6 Å². The number of rotatable bonds is 7. The number of sulfone groups is 1. The molecule has 29 heavy (non-hydrogen) atoms. The van der Waals surface area contributed by atoms with Gasteiger partial charge in [-0.2, -0.15) is 0 Å². The minimum atomic E-state index is -3.92. The SMILES string of the molecule is O=C(Cc1ccc(F)cc1)NC[C@H](c1cccnc1)S(=O)(=O)c1ccc(F)cc1. The van der Waals surface area contributed by atoms with E-state index >= 15 is 0 Å². The highest BCUT2D eigenvalue weighted by Gasteiger charge is 2.30. The van der Waals surface area contributed by atoms with Gasteiger partial charge in [0.05, 0.1) is 11.3 Å². The third-order valence-electron chi connectivity index (χ3n) is 4.34. The lowest BCUT2D eigenvalue weighted by molar-refractivity contribution is -0.120. The lowest BCUT2D eigenvalue weighted by atomic mass is 10.1. The van der Waals surface area contributed by atoms with Crippen LogP contribution >= 0.6 is 0 Å². The van der Waals surface area contributed by atoms with E-state index in [-0.39, 0.29) is 17.9 Å². The minimum Gasteiger partial charge on any atom is -0.354 e. The molecule has 0 radical (unpaired) electrons. The molecule has 0 fully saturated rings. The summed E-state index contributed by atoms with van der Waals surface area (Å²) in [5.41, 5.74) is 1.00. The topological polar surface area (TPSA) is 76.1 Å². The van der Waals surface area contributed by atoms with E-state index in [1.807, 2.05) is 0 Å². The second kappa shape index (κ2) is 8.91. The monoisotopic (exact) mass is 416 g/mol. The Kier molecular flexibility index (Phi) is 6.33. The molecule has 1 aromatic heterocycles. The highest BCUT2D eigenvalue weighted by molar-refractivity contribution is 7.91. The molecule has 0 aliphatic carbocycles. The van der Waals surface area contributed by atoms with Crippen LogP contribution in [0.4, 0.5) is 8.78 Å². The van der Waals surface area contributed by atoms with Gasteiger partial charge in [0, 0.05) is 18.9 Å². The Morgan fingerprint density at radius 1 is 0.966 bits per heavy atom. The average Bonchev–Trinajstić information content (AvgIpc) is 2.71. The summed E-state index contributed by atoms with van der Waals surface area (Å²) >= 11 is 0. The molecule has 0 spiro atoms. The lowest BCUT2D eigenvalue weighted by Crippen LogP contribution is -2.33. The van der Waals surface area contributed by atoms with Gasteiger partial charge in [-0.15, -0.1) is 0 Å². The molecule has 0 saturated carbocycles. The Balaban J connectivity index is 1.80. The van der Waals surface area contributed by atoms with Crippen LogP contribution in [-0.4, -0.2) is 25.9 Å². The number of nitrogens with zero attached hydrogens (tertiary/aromatic N) is 1. The molecule has 0 unspecified atom stereocenters. The maximum absolute atomic E-state index is 13.2. The third kappa shape index (κ3) is 5.23. The van der Waals surface area contributed by atoms with Gasteiger partial charge >= 0.3 is 0 Å². The number of carbonyl (C=O) groups is 1. The largest absolute Gasteiger partial charge is 0.354 e. The molecule has 0 aliphatic heterocycles. The summed E-state index contributed by atoms with van der Waals surface area (Å²) in [5.74, 6) is -1.36. The van der Waals surface area contributed by atoms with Crippen molar-refractivity contribution in [1.29, 1.82) is 0 Å². The number of hydrogen-bond donors (Lipinski definition) is 1. The second-order valence-electron chi connectivity index (χ2n) is 6.38. The van der Waals surface area contributed by atoms with Crippen molar-refractivity contribution >= 4 is 15.7 Å². The number of benzene rings is 2. The van der Waals surface area contributed by atoms with Crippen LogP contribution in [0.3, 0.4) is 0 Å². The number of nitrogens with one attached hydrogen (secondary N) is 1. The van der Waals surface area contributed by atoms with Gasteiger partial charge in [0.25, 0.3) is 0 Å². The molecule has 1 heterocycles. The first-order chi connectivity index (χ1) is 13.9. The lowest BCUT2D eigenvalue weighted by Gasteiger charge is -2.19. The highest BCUT2D eigenvalue weighted by atomic mass is 32.2. The Morgan fingerprint density at radius 2 is 1.59 bits per heavy atom. The van der Waals surface area contributed by atoms with Crippen molar-refractivity contribution in [2.24, 2.45) is 0 Å². The molecule has 0 saturated heterocycles. The van der Waals surface area contributed by atoms with Crippen molar-refractivity contribution in [2.45, 2.75) is 16.6 Å². The molecule has 5 nitrogen and oxygen atoms in total. The van der Waals surface area contributed by atoms with Crippen LogP contribution in [0, 0.1) is 11.6 Å². The van der Waals surface area contributed by atoms with Crippen LogP contribution in [0.2, 0.25) is 0 Å². The molecule has 3 aromatic rings. The zero-order valence-corrected chi connectivity index (χ0v) is 16.1. The number of hydrogen-bond acceptors (Lipinski definition) is 4. The van der Waals surface area contributed by atoms with E-state index in [0.717, 1.165) is 12.1 Å². The predicted octanol–water partition coefficient (Wildman–Crippen LogP) is 3.23. The van der Waals surface area contributed by atoms with E-state index in [4.69, 9.17) is 0 Å². The maximum atomic E-state index is 13.2. The summed E-state index contributed by atoms with van der Waals surface area (Å²) in [6, 6.07) is 13.2. The first-order valence-electron chi connectivity index (χ1n) is 8.77. The molecule has 1 amide bonds. The molecule has 1 atom stereocenters. The predicted molar refractivity (Wildman–Crippen MR) is 104 cm³/mol. The van der Waals surface area contributed by atoms with Crippen molar-refractivity contribution in [3.8, 4) is 0 Å². The van der Waals surface area contributed by atoms with Crippen LogP contribution < -0.4 is 5.32 Å². The van der Waals surface area contributed by atoms with Gasteiger partial charge in [0.15, 0.2) is 9.84 Å². The van der Waals surface area contributed by atoms with Crippen molar-refractivity contribution < 1.29 is 22.0 Å². The molecule has 0 bridgehead atoms. The summed E-state index contributed by atoms with van der Waals surface area (Å²) in [5, 5.41) is 1.52. The molecule has 150 valence electrons. The summed E-state index contributed by atoms with van der Waals surface area (Å²) in [7, 11) is -3.92. The van der Waals surface area contributed by atoms with Crippen LogP contribution in [0.5, 0.6) is 0 Å². The zero-order valence-electron chi connectivity index (χ0n) is 15.3. The number of amides is 1. The van der Waals surface area contributed by atoms with Crippen molar-refractivity contribution in [3.05, 3.63) is 95.8 Å². The van der Waals surface area contributed by atoms with E-state index in [0.29, 0.717) is 11.1 Å². The van der Waals surface area contributed by atoms with E-state index in [1.54, 1.807) is 12.1 Å². The Morgan fingerprint density at radius 3 is 2.17 bits per heavy atom. The number of pyridine rings is 1. The molecule has 1 N–H and O–H groups in total.